The lowest BCUT2D eigenvalue weighted by Gasteiger charge is -2.39. The lowest BCUT2D eigenvalue weighted by atomic mass is 9.75. The monoisotopic (exact) mass is 376 g/mol. The molecule has 0 aliphatic heterocycles. The molecule has 0 aliphatic carbocycles. The maximum atomic E-state index is 13.1. The van der Waals surface area contributed by atoms with Gasteiger partial charge in [-0.25, -0.2) is 0 Å². The third kappa shape index (κ3) is 3.73. The van der Waals surface area contributed by atoms with Gasteiger partial charge in [0.05, 0.1) is 15.5 Å². The zero-order chi connectivity index (χ0) is 16.9. The van der Waals surface area contributed by atoms with Crippen molar-refractivity contribution in [2.75, 3.05) is 0 Å². The lowest BCUT2D eigenvalue weighted by molar-refractivity contribution is -0.142. The van der Waals surface area contributed by atoms with Crippen LogP contribution in [0.5, 0.6) is 0 Å². The van der Waals surface area contributed by atoms with Gasteiger partial charge in [0.15, 0.2) is 0 Å². The maximum absolute atomic E-state index is 13.1. The fourth-order valence-corrected chi connectivity index (χ4v) is 2.09. The first kappa shape index (κ1) is 18.3. The Balaban J connectivity index is 3.67. The van der Waals surface area contributed by atoms with Gasteiger partial charge in [0.1, 0.15) is 0 Å². The minimum absolute atomic E-state index is 0.419. The molecule has 0 nitrogen and oxygen atoms in total. The Morgan fingerprint density at radius 3 is 1.57 bits per heavy atom. The topological polar surface area (TPSA) is 0 Å². The fraction of sp³-hybridized carbons (Fsp3) is 0.571. The molecule has 1 aromatic rings. The van der Waals surface area contributed by atoms with Gasteiger partial charge in [-0.05, 0) is 36.1 Å². The molecule has 1 rings (SSSR count). The molecule has 0 spiro atoms. The highest BCUT2D eigenvalue weighted by Crippen LogP contribution is 2.51. The summed E-state index contributed by atoms with van der Waals surface area (Å²) in [5, 5.41) is 0. The van der Waals surface area contributed by atoms with Crippen molar-refractivity contribution >= 4 is 15.9 Å². The number of hydrogen-bond acceptors (Lipinski definition) is 0. The highest BCUT2D eigenvalue weighted by molar-refractivity contribution is 9.09. The average Bonchev–Trinajstić information content (AvgIpc) is 2.24. The summed E-state index contributed by atoms with van der Waals surface area (Å²) in [6.45, 7) is 6.41. The predicted octanol–water partition coefficient (Wildman–Crippen LogP) is 6.38. The summed E-state index contributed by atoms with van der Waals surface area (Å²) in [4.78, 5) is 0. The van der Waals surface area contributed by atoms with E-state index in [4.69, 9.17) is 0 Å². The Morgan fingerprint density at radius 1 is 0.762 bits per heavy atom. The predicted molar refractivity (Wildman–Crippen MR) is 72.2 cm³/mol. The third-order valence-electron chi connectivity index (χ3n) is 3.57. The van der Waals surface area contributed by atoms with Crippen molar-refractivity contribution in [1.82, 2.24) is 0 Å². The molecule has 0 saturated heterocycles. The summed E-state index contributed by atoms with van der Waals surface area (Å²) in [5.74, 6) is 0. The summed E-state index contributed by atoms with van der Waals surface area (Å²) in [6, 6.07) is 1.52. The Hall–Kier alpha value is -0.720. The second-order valence-corrected chi connectivity index (χ2v) is 7.59. The third-order valence-corrected chi connectivity index (χ3v) is 5.18. The van der Waals surface area contributed by atoms with Crippen LogP contribution in [0.1, 0.15) is 44.4 Å². The first-order valence-corrected chi connectivity index (χ1v) is 6.85. The zero-order valence-electron chi connectivity index (χ0n) is 11.9. The van der Waals surface area contributed by atoms with Crippen LogP contribution < -0.4 is 0 Å². The van der Waals surface area contributed by atoms with Crippen LogP contribution in [0.4, 0.5) is 26.3 Å². The fourth-order valence-electron chi connectivity index (χ4n) is 1.76. The van der Waals surface area contributed by atoms with Crippen molar-refractivity contribution in [3.05, 3.63) is 34.9 Å². The molecule has 0 heterocycles. The second-order valence-electron chi connectivity index (χ2n) is 6.01. The van der Waals surface area contributed by atoms with E-state index in [9.17, 15) is 26.3 Å². The molecule has 0 aliphatic rings. The summed E-state index contributed by atoms with van der Waals surface area (Å²) >= 11 is 3.19. The summed E-state index contributed by atoms with van der Waals surface area (Å²) in [6.07, 6.45) is -9.42. The molecule has 21 heavy (non-hydrogen) atoms. The van der Waals surface area contributed by atoms with Gasteiger partial charge in [0, 0.05) is 0 Å². The lowest BCUT2D eigenvalue weighted by Crippen LogP contribution is -2.33. The van der Waals surface area contributed by atoms with Crippen molar-refractivity contribution in [3.8, 4) is 0 Å². The van der Waals surface area contributed by atoms with Gasteiger partial charge >= 0.3 is 12.4 Å². The molecule has 0 aromatic heterocycles. The largest absolute Gasteiger partial charge is 0.416 e. The number of benzene rings is 1. The Bertz CT molecular complexity index is 520. The van der Waals surface area contributed by atoms with E-state index in [-0.39, 0.29) is 0 Å². The number of rotatable bonds is 1. The van der Waals surface area contributed by atoms with E-state index in [0.29, 0.717) is 18.2 Å². The van der Waals surface area contributed by atoms with Gasteiger partial charge in [-0.15, -0.1) is 0 Å². The maximum Gasteiger partial charge on any atom is 0.416 e. The normalized spacial score (nSPS) is 16.7. The molecule has 0 fully saturated rings. The SMILES string of the molecule is CC(C)(C)[C@@](C)(Br)c1cc(C(F)(F)F)ccc1C(F)(F)F. The van der Waals surface area contributed by atoms with Crippen LogP contribution >= 0.6 is 15.9 Å². The van der Waals surface area contributed by atoms with Gasteiger partial charge in [0.2, 0.25) is 0 Å². The molecule has 1 aromatic carbocycles. The number of halogens is 7. The van der Waals surface area contributed by atoms with Crippen LogP contribution in [-0.2, 0) is 16.7 Å². The molecule has 0 amide bonds. The van der Waals surface area contributed by atoms with Crippen LogP contribution in [0, 0.1) is 5.41 Å². The van der Waals surface area contributed by atoms with E-state index in [2.05, 4.69) is 15.9 Å². The highest BCUT2D eigenvalue weighted by Gasteiger charge is 2.45. The molecular weight excluding hydrogens is 362 g/mol. The molecular formula is C14H15BrF6. The molecule has 0 unspecified atom stereocenters. The molecule has 1 atom stereocenters. The molecule has 0 radical (unpaired) electrons. The van der Waals surface area contributed by atoms with E-state index in [0.717, 1.165) is 0 Å². The van der Waals surface area contributed by atoms with E-state index in [1.54, 1.807) is 20.8 Å². The summed E-state index contributed by atoms with van der Waals surface area (Å²) < 4.78 is 76.4. The highest BCUT2D eigenvalue weighted by atomic mass is 79.9. The number of hydrogen-bond donors (Lipinski definition) is 0. The van der Waals surface area contributed by atoms with E-state index in [1.165, 1.54) is 6.92 Å². The van der Waals surface area contributed by atoms with Crippen molar-refractivity contribution in [1.29, 1.82) is 0 Å². The molecule has 7 heteroatoms. The van der Waals surface area contributed by atoms with Crippen LogP contribution in [0.25, 0.3) is 0 Å². The number of alkyl halides is 7. The molecule has 0 bridgehead atoms. The van der Waals surface area contributed by atoms with E-state index in [1.807, 2.05) is 0 Å². The molecule has 0 N–H and O–H groups in total. The Kier molecular flexibility index (Phi) is 4.52. The van der Waals surface area contributed by atoms with Gasteiger partial charge in [-0.2, -0.15) is 26.3 Å². The summed E-state index contributed by atoms with van der Waals surface area (Å²) in [7, 11) is 0. The van der Waals surface area contributed by atoms with E-state index >= 15 is 0 Å². The Morgan fingerprint density at radius 2 is 1.24 bits per heavy atom. The van der Waals surface area contributed by atoms with Crippen molar-refractivity contribution in [2.45, 2.75) is 44.4 Å². The van der Waals surface area contributed by atoms with Gasteiger partial charge in [-0.1, -0.05) is 36.7 Å². The standard InChI is InChI=1S/C14H15BrF6/c1-11(2,3)12(4,15)10-7-8(13(16,17)18)5-6-9(10)14(19,20)21/h5-7H,1-4H3/t12-/m0/s1. The van der Waals surface area contributed by atoms with Crippen molar-refractivity contribution in [2.24, 2.45) is 5.41 Å². The zero-order valence-corrected chi connectivity index (χ0v) is 13.5. The Labute approximate surface area is 127 Å². The van der Waals surface area contributed by atoms with Crippen LogP contribution in [0.15, 0.2) is 18.2 Å². The first-order valence-electron chi connectivity index (χ1n) is 6.06. The smallest absolute Gasteiger partial charge is 0.166 e. The van der Waals surface area contributed by atoms with E-state index < -0.39 is 38.8 Å². The minimum atomic E-state index is -4.72. The van der Waals surface area contributed by atoms with Crippen molar-refractivity contribution < 1.29 is 26.3 Å². The average molecular weight is 377 g/mol. The van der Waals surface area contributed by atoms with Gasteiger partial charge in [0.25, 0.3) is 0 Å². The van der Waals surface area contributed by atoms with Crippen molar-refractivity contribution in [3.63, 3.8) is 0 Å². The second kappa shape index (κ2) is 5.18. The van der Waals surface area contributed by atoms with Crippen LogP contribution in [-0.4, -0.2) is 0 Å². The van der Waals surface area contributed by atoms with Crippen LogP contribution in [0.2, 0.25) is 0 Å². The molecule has 120 valence electrons. The first-order chi connectivity index (χ1) is 9.08. The van der Waals surface area contributed by atoms with Crippen LogP contribution in [0.3, 0.4) is 0 Å². The quantitative estimate of drug-likeness (QED) is 0.394. The minimum Gasteiger partial charge on any atom is -0.166 e. The summed E-state index contributed by atoms with van der Waals surface area (Å²) in [5.41, 5.74) is -3.31. The van der Waals surface area contributed by atoms with Gasteiger partial charge < -0.3 is 0 Å². The molecule has 0 saturated carbocycles. The van der Waals surface area contributed by atoms with Gasteiger partial charge in [-0.3, -0.25) is 0 Å².